The van der Waals surface area contributed by atoms with E-state index in [4.69, 9.17) is 9.15 Å². The summed E-state index contributed by atoms with van der Waals surface area (Å²) in [5.41, 5.74) is 0. The largest absolute Gasteiger partial charge is 0.462 e. The predicted octanol–water partition coefficient (Wildman–Crippen LogP) is 2.29. The number of furan rings is 1. The van der Waals surface area contributed by atoms with Gasteiger partial charge in [-0.1, -0.05) is 0 Å². The SMILES string of the molecule is CSC(C[N+](=O)[O-])=NCCCOCc1ccc(CN(C)C)o1. The lowest BCUT2D eigenvalue weighted by atomic mass is 10.4. The van der Waals surface area contributed by atoms with Crippen LogP contribution in [0.25, 0.3) is 0 Å². The van der Waals surface area contributed by atoms with Crippen LogP contribution >= 0.6 is 11.8 Å². The summed E-state index contributed by atoms with van der Waals surface area (Å²) in [6.45, 7) is 2.08. The molecule has 0 saturated carbocycles. The number of hydrogen-bond acceptors (Lipinski definition) is 7. The Labute approximate surface area is 134 Å². The maximum Gasteiger partial charge on any atom is 0.250 e. The fourth-order valence-electron chi connectivity index (χ4n) is 1.73. The molecule has 0 bridgehead atoms. The van der Waals surface area contributed by atoms with E-state index in [9.17, 15) is 10.1 Å². The van der Waals surface area contributed by atoms with Crippen LogP contribution in [0.4, 0.5) is 0 Å². The van der Waals surface area contributed by atoms with Crippen molar-refractivity contribution in [1.29, 1.82) is 0 Å². The Balaban J connectivity index is 2.18. The van der Waals surface area contributed by atoms with Crippen molar-refractivity contribution < 1.29 is 14.1 Å². The summed E-state index contributed by atoms with van der Waals surface area (Å²) < 4.78 is 11.1. The van der Waals surface area contributed by atoms with Crippen molar-refractivity contribution in [2.75, 3.05) is 40.0 Å². The van der Waals surface area contributed by atoms with Crippen LogP contribution in [0.5, 0.6) is 0 Å². The Bertz CT molecular complexity index is 488. The van der Waals surface area contributed by atoms with Crippen LogP contribution in [0, 0.1) is 10.1 Å². The van der Waals surface area contributed by atoms with E-state index < -0.39 is 0 Å². The average Bonchev–Trinajstić information content (AvgIpc) is 2.87. The Morgan fingerprint density at radius 2 is 2.18 bits per heavy atom. The number of nitrogens with zero attached hydrogens (tertiary/aromatic N) is 3. The van der Waals surface area contributed by atoms with Gasteiger partial charge >= 0.3 is 0 Å². The maximum absolute atomic E-state index is 10.4. The molecule has 0 amide bonds. The lowest BCUT2D eigenvalue weighted by Gasteiger charge is -2.06. The minimum Gasteiger partial charge on any atom is -0.462 e. The first-order chi connectivity index (χ1) is 10.5. The van der Waals surface area contributed by atoms with E-state index in [0.717, 1.165) is 24.5 Å². The minimum atomic E-state index is -0.367. The molecule has 1 heterocycles. The molecule has 0 saturated heterocycles. The summed E-state index contributed by atoms with van der Waals surface area (Å²) in [6, 6.07) is 3.87. The fourth-order valence-corrected chi connectivity index (χ4v) is 2.18. The Morgan fingerprint density at radius 3 is 2.82 bits per heavy atom. The van der Waals surface area contributed by atoms with Gasteiger partial charge in [-0.15, -0.1) is 11.8 Å². The topological polar surface area (TPSA) is 81.1 Å². The molecule has 0 N–H and O–H groups in total. The zero-order valence-corrected chi connectivity index (χ0v) is 14.1. The third kappa shape index (κ3) is 8.16. The highest BCUT2D eigenvalue weighted by Gasteiger charge is 2.05. The van der Waals surface area contributed by atoms with E-state index in [1.54, 1.807) is 6.26 Å². The highest BCUT2D eigenvalue weighted by molar-refractivity contribution is 8.13. The molecule has 0 spiro atoms. The highest BCUT2D eigenvalue weighted by Crippen LogP contribution is 2.10. The molecule has 124 valence electrons. The van der Waals surface area contributed by atoms with E-state index in [-0.39, 0.29) is 11.5 Å². The van der Waals surface area contributed by atoms with Crippen molar-refractivity contribution in [3.05, 3.63) is 33.8 Å². The first kappa shape index (κ1) is 18.7. The van der Waals surface area contributed by atoms with E-state index in [2.05, 4.69) is 4.99 Å². The number of ether oxygens (including phenoxy) is 1. The summed E-state index contributed by atoms with van der Waals surface area (Å²) in [6.07, 6.45) is 2.52. The number of nitro groups is 1. The molecule has 0 aliphatic heterocycles. The summed E-state index contributed by atoms with van der Waals surface area (Å²) in [5, 5.41) is 10.9. The second-order valence-electron chi connectivity index (χ2n) is 4.98. The standard InChI is InChI=1S/C14H23N3O4S/c1-16(2)9-12-5-6-13(21-12)11-20-8-4-7-15-14(22-3)10-17(18)19/h5-6H,4,7-11H2,1-3H3. The van der Waals surface area contributed by atoms with Gasteiger partial charge in [-0.25, -0.2) is 0 Å². The summed E-state index contributed by atoms with van der Waals surface area (Å²) >= 11 is 1.31. The van der Waals surface area contributed by atoms with Gasteiger partial charge in [0.05, 0.1) is 6.54 Å². The van der Waals surface area contributed by atoms with Crippen molar-refractivity contribution in [2.24, 2.45) is 4.99 Å². The number of aliphatic imine (C=N–C) groups is 1. The molecule has 0 radical (unpaired) electrons. The molecule has 0 unspecified atom stereocenters. The highest BCUT2D eigenvalue weighted by atomic mass is 32.2. The van der Waals surface area contributed by atoms with Crippen LogP contribution in [-0.4, -0.2) is 54.9 Å². The molecule has 1 aromatic heterocycles. The molecule has 22 heavy (non-hydrogen) atoms. The first-order valence-electron chi connectivity index (χ1n) is 7.00. The van der Waals surface area contributed by atoms with Gasteiger partial charge in [-0.05, 0) is 38.9 Å². The van der Waals surface area contributed by atoms with Gasteiger partial charge in [-0.2, -0.15) is 0 Å². The zero-order valence-electron chi connectivity index (χ0n) is 13.3. The molecule has 0 aliphatic carbocycles. The lowest BCUT2D eigenvalue weighted by Crippen LogP contribution is -2.11. The molecule has 8 heteroatoms. The van der Waals surface area contributed by atoms with Crippen molar-refractivity contribution in [2.45, 2.75) is 19.6 Å². The van der Waals surface area contributed by atoms with Crippen LogP contribution in [0.2, 0.25) is 0 Å². The van der Waals surface area contributed by atoms with Crippen LogP contribution in [0.1, 0.15) is 17.9 Å². The first-order valence-corrected chi connectivity index (χ1v) is 8.23. The molecular formula is C14H23N3O4S. The molecular weight excluding hydrogens is 306 g/mol. The van der Waals surface area contributed by atoms with Gasteiger partial charge in [0.2, 0.25) is 0 Å². The van der Waals surface area contributed by atoms with Crippen LogP contribution in [0.15, 0.2) is 21.5 Å². The number of hydrogen-bond donors (Lipinski definition) is 0. The molecule has 1 rings (SSSR count). The van der Waals surface area contributed by atoms with Gasteiger partial charge in [0, 0.05) is 18.1 Å². The van der Waals surface area contributed by atoms with Crippen LogP contribution in [-0.2, 0) is 17.9 Å². The van der Waals surface area contributed by atoms with E-state index >= 15 is 0 Å². The van der Waals surface area contributed by atoms with Crippen LogP contribution in [0.3, 0.4) is 0 Å². The summed E-state index contributed by atoms with van der Waals surface area (Å²) in [4.78, 5) is 16.3. The fraction of sp³-hybridized carbons (Fsp3) is 0.643. The molecule has 0 atom stereocenters. The second kappa shape index (κ2) is 10.4. The Hall–Kier alpha value is -1.38. The van der Waals surface area contributed by atoms with E-state index in [1.165, 1.54) is 11.8 Å². The normalized spacial score (nSPS) is 12.1. The van der Waals surface area contributed by atoms with Gasteiger partial charge in [0.1, 0.15) is 23.2 Å². The van der Waals surface area contributed by atoms with E-state index in [0.29, 0.717) is 24.8 Å². The third-order valence-corrected chi connectivity index (χ3v) is 3.40. The van der Waals surface area contributed by atoms with E-state index in [1.807, 2.05) is 31.1 Å². The van der Waals surface area contributed by atoms with Crippen molar-refractivity contribution in [3.63, 3.8) is 0 Å². The van der Waals surface area contributed by atoms with Crippen molar-refractivity contribution in [1.82, 2.24) is 4.90 Å². The number of thioether (sulfide) groups is 1. The van der Waals surface area contributed by atoms with Gasteiger partial charge < -0.3 is 14.1 Å². The minimum absolute atomic E-state index is 0.205. The van der Waals surface area contributed by atoms with Gasteiger partial charge in [0.15, 0.2) is 0 Å². The average molecular weight is 329 g/mol. The zero-order chi connectivity index (χ0) is 16.4. The summed E-state index contributed by atoms with van der Waals surface area (Å²) in [5.74, 6) is 1.72. The molecule has 7 nitrogen and oxygen atoms in total. The predicted molar refractivity (Wildman–Crippen MR) is 88.1 cm³/mol. The lowest BCUT2D eigenvalue weighted by molar-refractivity contribution is -0.462. The Morgan fingerprint density at radius 1 is 1.45 bits per heavy atom. The summed E-state index contributed by atoms with van der Waals surface area (Å²) in [7, 11) is 3.97. The quantitative estimate of drug-likeness (QED) is 0.215. The molecule has 1 aromatic rings. The molecule has 0 aliphatic rings. The van der Waals surface area contributed by atoms with Crippen LogP contribution < -0.4 is 0 Å². The second-order valence-corrected chi connectivity index (χ2v) is 5.86. The maximum atomic E-state index is 10.4. The van der Waals surface area contributed by atoms with Gasteiger partial charge in [0.25, 0.3) is 6.54 Å². The smallest absolute Gasteiger partial charge is 0.250 e. The van der Waals surface area contributed by atoms with Gasteiger partial charge in [-0.3, -0.25) is 15.1 Å². The van der Waals surface area contributed by atoms with Crippen molar-refractivity contribution in [3.8, 4) is 0 Å². The monoisotopic (exact) mass is 329 g/mol. The molecule has 0 fully saturated rings. The third-order valence-electron chi connectivity index (χ3n) is 2.67. The molecule has 0 aromatic carbocycles. The Kier molecular flexibility index (Phi) is 8.79. The van der Waals surface area contributed by atoms with Crippen molar-refractivity contribution >= 4 is 16.8 Å². The number of rotatable bonds is 10.